The molecule has 0 amide bonds. The summed E-state index contributed by atoms with van der Waals surface area (Å²) < 4.78 is 0. The zero-order valence-electron chi connectivity index (χ0n) is 10.1. The summed E-state index contributed by atoms with van der Waals surface area (Å²) in [4.78, 5) is 15.6. The van der Waals surface area contributed by atoms with Gasteiger partial charge in [0.1, 0.15) is 0 Å². The summed E-state index contributed by atoms with van der Waals surface area (Å²) >= 11 is 1.79. The molecule has 1 aliphatic rings. The third kappa shape index (κ3) is 3.09. The van der Waals surface area contributed by atoms with E-state index in [1.807, 2.05) is 24.3 Å². The molecular weight excluding hydrogens is 232 g/mol. The van der Waals surface area contributed by atoms with E-state index < -0.39 is 0 Å². The van der Waals surface area contributed by atoms with Crippen molar-refractivity contribution < 1.29 is 4.79 Å². The van der Waals surface area contributed by atoms with Gasteiger partial charge in [0.2, 0.25) is 0 Å². The Morgan fingerprint density at radius 2 is 2.18 bits per heavy atom. The van der Waals surface area contributed by atoms with Gasteiger partial charge in [-0.3, -0.25) is 9.79 Å². The SMILES string of the molecule is CC[C@@H]1CN=C(Nc2ccc(C(C)=O)cc2)S1. The molecule has 17 heavy (non-hydrogen) atoms. The maximum atomic E-state index is 11.1. The van der Waals surface area contributed by atoms with Crippen molar-refractivity contribution in [3.63, 3.8) is 0 Å². The number of aliphatic imine (C=N–C) groups is 1. The Labute approximate surface area is 106 Å². The number of hydrogen-bond donors (Lipinski definition) is 1. The van der Waals surface area contributed by atoms with E-state index in [-0.39, 0.29) is 5.78 Å². The fourth-order valence-electron chi connectivity index (χ4n) is 1.61. The molecule has 2 rings (SSSR count). The molecular formula is C13H16N2OS. The molecule has 1 aromatic carbocycles. The molecule has 1 N–H and O–H groups in total. The summed E-state index contributed by atoms with van der Waals surface area (Å²) in [6.45, 7) is 4.65. The van der Waals surface area contributed by atoms with E-state index in [1.54, 1.807) is 18.7 Å². The molecule has 1 aromatic rings. The number of amidine groups is 1. The van der Waals surface area contributed by atoms with Crippen LogP contribution in [-0.4, -0.2) is 22.7 Å². The van der Waals surface area contributed by atoms with E-state index in [9.17, 15) is 4.79 Å². The van der Waals surface area contributed by atoms with Gasteiger partial charge in [-0.1, -0.05) is 18.7 Å². The lowest BCUT2D eigenvalue weighted by Gasteiger charge is -2.07. The van der Waals surface area contributed by atoms with Crippen LogP contribution in [0, 0.1) is 0 Å². The molecule has 0 aromatic heterocycles. The number of nitrogens with zero attached hydrogens (tertiary/aromatic N) is 1. The Morgan fingerprint density at radius 3 is 2.71 bits per heavy atom. The van der Waals surface area contributed by atoms with E-state index in [4.69, 9.17) is 0 Å². The number of carbonyl (C=O) groups is 1. The van der Waals surface area contributed by atoms with Gasteiger partial charge in [-0.25, -0.2) is 0 Å². The fraction of sp³-hybridized carbons (Fsp3) is 0.385. The predicted molar refractivity (Wildman–Crippen MR) is 74.0 cm³/mol. The van der Waals surface area contributed by atoms with E-state index in [2.05, 4.69) is 17.2 Å². The summed E-state index contributed by atoms with van der Waals surface area (Å²) in [7, 11) is 0. The van der Waals surface area contributed by atoms with Crippen LogP contribution in [-0.2, 0) is 0 Å². The van der Waals surface area contributed by atoms with Crippen LogP contribution in [0.25, 0.3) is 0 Å². The Kier molecular flexibility index (Phi) is 3.84. The lowest BCUT2D eigenvalue weighted by Crippen LogP contribution is -2.07. The van der Waals surface area contributed by atoms with Crippen LogP contribution >= 0.6 is 11.8 Å². The summed E-state index contributed by atoms with van der Waals surface area (Å²) in [6.07, 6.45) is 1.14. The Morgan fingerprint density at radius 1 is 1.47 bits per heavy atom. The second-order valence-corrected chi connectivity index (χ2v) is 5.34. The van der Waals surface area contributed by atoms with Crippen LogP contribution in [0.5, 0.6) is 0 Å². The van der Waals surface area contributed by atoms with E-state index >= 15 is 0 Å². The molecule has 0 aliphatic carbocycles. The number of hydrogen-bond acceptors (Lipinski definition) is 4. The first-order valence-corrected chi connectivity index (χ1v) is 6.66. The molecule has 0 saturated carbocycles. The maximum absolute atomic E-state index is 11.1. The molecule has 1 atom stereocenters. The zero-order valence-corrected chi connectivity index (χ0v) is 10.9. The average molecular weight is 248 g/mol. The molecule has 90 valence electrons. The van der Waals surface area contributed by atoms with Gasteiger partial charge in [-0.05, 0) is 37.6 Å². The standard InChI is InChI=1S/C13H16N2OS/c1-3-12-8-14-13(17-12)15-11-6-4-10(5-7-11)9(2)16/h4-7,12H,3,8H2,1-2H3,(H,14,15)/t12-/m1/s1. The summed E-state index contributed by atoms with van der Waals surface area (Å²) in [5.74, 6) is 0.0928. The van der Waals surface area contributed by atoms with Crippen LogP contribution in [0.1, 0.15) is 30.6 Å². The minimum absolute atomic E-state index is 0.0928. The molecule has 0 radical (unpaired) electrons. The number of benzene rings is 1. The number of carbonyl (C=O) groups excluding carboxylic acids is 1. The van der Waals surface area contributed by atoms with Crippen LogP contribution < -0.4 is 5.32 Å². The van der Waals surface area contributed by atoms with Crippen LogP contribution in [0.2, 0.25) is 0 Å². The van der Waals surface area contributed by atoms with E-state index in [0.717, 1.165) is 29.4 Å². The molecule has 0 unspecified atom stereocenters. The van der Waals surface area contributed by atoms with Crippen molar-refractivity contribution in [1.82, 2.24) is 0 Å². The monoisotopic (exact) mass is 248 g/mol. The second-order valence-electron chi connectivity index (χ2n) is 4.05. The van der Waals surface area contributed by atoms with Crippen molar-refractivity contribution in [3.05, 3.63) is 29.8 Å². The van der Waals surface area contributed by atoms with Crippen LogP contribution in [0.3, 0.4) is 0 Å². The lowest BCUT2D eigenvalue weighted by molar-refractivity contribution is 0.101. The molecule has 1 heterocycles. The van der Waals surface area contributed by atoms with E-state index in [1.165, 1.54) is 0 Å². The van der Waals surface area contributed by atoms with Gasteiger partial charge in [-0.15, -0.1) is 0 Å². The molecule has 1 aliphatic heterocycles. The van der Waals surface area contributed by atoms with Gasteiger partial charge in [0, 0.05) is 16.5 Å². The van der Waals surface area contributed by atoms with Crippen molar-refractivity contribution in [1.29, 1.82) is 0 Å². The molecule has 0 bridgehead atoms. The highest BCUT2D eigenvalue weighted by Crippen LogP contribution is 2.24. The largest absolute Gasteiger partial charge is 0.335 e. The minimum atomic E-state index is 0.0928. The number of anilines is 1. The van der Waals surface area contributed by atoms with Crippen molar-refractivity contribution >= 4 is 28.4 Å². The number of Topliss-reactive ketones (excluding diaryl/α,β-unsaturated/α-hetero) is 1. The topological polar surface area (TPSA) is 41.5 Å². The van der Waals surface area contributed by atoms with Gasteiger partial charge < -0.3 is 5.32 Å². The van der Waals surface area contributed by atoms with Crippen molar-refractivity contribution in [2.75, 3.05) is 11.9 Å². The van der Waals surface area contributed by atoms with Crippen molar-refractivity contribution in [2.45, 2.75) is 25.5 Å². The van der Waals surface area contributed by atoms with Gasteiger partial charge in [0.05, 0.1) is 6.54 Å². The number of rotatable bonds is 3. The van der Waals surface area contributed by atoms with Gasteiger partial charge in [0.25, 0.3) is 0 Å². The van der Waals surface area contributed by atoms with Crippen molar-refractivity contribution in [3.8, 4) is 0 Å². The fourth-order valence-corrected chi connectivity index (χ4v) is 2.57. The number of thioether (sulfide) groups is 1. The summed E-state index contributed by atoms with van der Waals surface area (Å²) in [6, 6.07) is 7.50. The first-order valence-electron chi connectivity index (χ1n) is 5.78. The third-order valence-corrected chi connectivity index (χ3v) is 3.99. The first-order chi connectivity index (χ1) is 8.19. The quantitative estimate of drug-likeness (QED) is 0.835. The number of nitrogens with one attached hydrogen (secondary N) is 1. The van der Waals surface area contributed by atoms with Crippen molar-refractivity contribution in [2.24, 2.45) is 4.99 Å². The molecule has 0 saturated heterocycles. The lowest BCUT2D eigenvalue weighted by atomic mass is 10.1. The second kappa shape index (κ2) is 5.36. The number of ketones is 1. The van der Waals surface area contributed by atoms with E-state index in [0.29, 0.717) is 5.25 Å². The van der Waals surface area contributed by atoms with Crippen LogP contribution in [0.15, 0.2) is 29.3 Å². The summed E-state index contributed by atoms with van der Waals surface area (Å²) in [5.41, 5.74) is 1.72. The Hall–Kier alpha value is -1.29. The summed E-state index contributed by atoms with van der Waals surface area (Å²) in [5, 5.41) is 4.86. The average Bonchev–Trinajstić information content (AvgIpc) is 2.77. The Bertz CT molecular complexity index is 439. The highest BCUT2D eigenvalue weighted by Gasteiger charge is 2.17. The third-order valence-electron chi connectivity index (χ3n) is 2.71. The minimum Gasteiger partial charge on any atom is -0.335 e. The van der Waals surface area contributed by atoms with Gasteiger partial charge in [-0.2, -0.15) is 0 Å². The first kappa shape index (κ1) is 12.2. The molecule has 4 heteroatoms. The Balaban J connectivity index is 1.98. The maximum Gasteiger partial charge on any atom is 0.161 e. The van der Waals surface area contributed by atoms with Crippen LogP contribution in [0.4, 0.5) is 5.69 Å². The normalized spacial score (nSPS) is 18.9. The highest BCUT2D eigenvalue weighted by atomic mass is 32.2. The smallest absolute Gasteiger partial charge is 0.161 e. The van der Waals surface area contributed by atoms with Gasteiger partial charge in [0.15, 0.2) is 11.0 Å². The highest BCUT2D eigenvalue weighted by molar-refractivity contribution is 8.15. The van der Waals surface area contributed by atoms with Gasteiger partial charge >= 0.3 is 0 Å². The molecule has 0 spiro atoms. The zero-order chi connectivity index (χ0) is 12.3. The molecule has 0 fully saturated rings. The predicted octanol–water partition coefficient (Wildman–Crippen LogP) is 3.18. The molecule has 3 nitrogen and oxygen atoms in total.